The molecule has 0 aromatic carbocycles. The van der Waals surface area contributed by atoms with Crippen LogP contribution in [0, 0.1) is 11.3 Å². The van der Waals surface area contributed by atoms with Crippen molar-refractivity contribution in [3.8, 4) is 11.8 Å². The lowest BCUT2D eigenvalue weighted by Crippen LogP contribution is -2.49. The number of amides is 2. The average Bonchev–Trinajstić information content (AvgIpc) is 3.63. The lowest BCUT2D eigenvalue weighted by molar-refractivity contribution is 0.0571. The van der Waals surface area contributed by atoms with Crippen LogP contribution in [0.1, 0.15) is 41.5 Å². The number of hydrogen-bond acceptors (Lipinski definition) is 9. The van der Waals surface area contributed by atoms with Gasteiger partial charge in [0.1, 0.15) is 23.2 Å². The number of nitriles is 1. The minimum absolute atomic E-state index is 0.102. The van der Waals surface area contributed by atoms with Gasteiger partial charge in [-0.3, -0.25) is 4.79 Å². The SMILES string of the molecule is CC1(OC(=O)N2CCN(c3ccc4c(O)c(C(=O)NCc5ccc(C#N)nc5)ncc4n3)CC2)CC1. The Hall–Kier alpha value is -4.46. The fourth-order valence-electron chi connectivity index (χ4n) is 3.95. The Morgan fingerprint density at radius 2 is 1.92 bits per heavy atom. The quantitative estimate of drug-likeness (QED) is 0.554. The highest BCUT2D eigenvalue weighted by Gasteiger charge is 2.43. The topological polar surface area (TPSA) is 145 Å². The Bertz CT molecular complexity index is 1360. The first-order valence-electron chi connectivity index (χ1n) is 11.7. The maximum Gasteiger partial charge on any atom is 0.410 e. The van der Waals surface area contributed by atoms with E-state index in [2.05, 4.69) is 25.2 Å². The summed E-state index contributed by atoms with van der Waals surface area (Å²) >= 11 is 0. The predicted octanol–water partition coefficient (Wildman–Crippen LogP) is 2.34. The van der Waals surface area contributed by atoms with Crippen LogP contribution >= 0.6 is 0 Å². The minimum Gasteiger partial charge on any atom is -0.505 e. The van der Waals surface area contributed by atoms with E-state index >= 15 is 0 Å². The van der Waals surface area contributed by atoms with E-state index in [1.165, 1.54) is 12.4 Å². The molecule has 0 spiro atoms. The number of piperazine rings is 1. The van der Waals surface area contributed by atoms with E-state index in [-0.39, 0.29) is 35.4 Å². The summed E-state index contributed by atoms with van der Waals surface area (Å²) in [5.74, 6) is -0.0783. The number of rotatable bonds is 5. The molecule has 0 radical (unpaired) electrons. The van der Waals surface area contributed by atoms with Crippen LogP contribution in [-0.2, 0) is 11.3 Å². The summed E-state index contributed by atoms with van der Waals surface area (Å²) in [5, 5.41) is 22.6. The molecule has 3 aromatic rings. The summed E-state index contributed by atoms with van der Waals surface area (Å²) < 4.78 is 5.55. The number of nitrogens with zero attached hydrogens (tertiary/aromatic N) is 6. The molecule has 4 heterocycles. The van der Waals surface area contributed by atoms with Gasteiger partial charge in [0, 0.05) is 44.3 Å². The fourth-order valence-corrected chi connectivity index (χ4v) is 3.95. The lowest BCUT2D eigenvalue weighted by atomic mass is 10.2. The van der Waals surface area contributed by atoms with E-state index in [1.54, 1.807) is 29.2 Å². The molecule has 5 rings (SSSR count). The van der Waals surface area contributed by atoms with Gasteiger partial charge in [0.05, 0.1) is 11.7 Å². The van der Waals surface area contributed by atoms with E-state index in [1.807, 2.05) is 13.0 Å². The van der Waals surface area contributed by atoms with Crippen LogP contribution in [0.15, 0.2) is 36.7 Å². The van der Waals surface area contributed by atoms with E-state index in [4.69, 9.17) is 10.00 Å². The third-order valence-electron chi connectivity index (χ3n) is 6.46. The van der Waals surface area contributed by atoms with Gasteiger partial charge in [-0.1, -0.05) is 6.07 Å². The number of aromatic nitrogens is 3. The van der Waals surface area contributed by atoms with Crippen LogP contribution in [0.5, 0.6) is 5.75 Å². The smallest absolute Gasteiger partial charge is 0.410 e. The number of pyridine rings is 3. The van der Waals surface area contributed by atoms with Crippen molar-refractivity contribution in [2.24, 2.45) is 0 Å². The third kappa shape index (κ3) is 4.84. The van der Waals surface area contributed by atoms with Crippen LogP contribution in [-0.4, -0.2) is 68.7 Å². The normalized spacial score (nSPS) is 16.3. The molecular weight excluding hydrogens is 462 g/mol. The van der Waals surface area contributed by atoms with Crippen LogP contribution in [0.25, 0.3) is 10.9 Å². The molecule has 2 amide bonds. The average molecular weight is 488 g/mol. The van der Waals surface area contributed by atoms with Gasteiger partial charge in [-0.25, -0.2) is 19.7 Å². The zero-order valence-corrected chi connectivity index (χ0v) is 19.8. The highest BCUT2D eigenvalue weighted by molar-refractivity contribution is 6.00. The number of nitrogens with one attached hydrogen (secondary N) is 1. The first-order chi connectivity index (χ1) is 17.3. The molecule has 0 bridgehead atoms. The van der Waals surface area contributed by atoms with Gasteiger partial charge in [0.15, 0.2) is 11.4 Å². The van der Waals surface area contributed by atoms with Crippen LogP contribution in [0.4, 0.5) is 10.6 Å². The van der Waals surface area contributed by atoms with Crippen molar-refractivity contribution in [2.75, 3.05) is 31.1 Å². The summed E-state index contributed by atoms with van der Waals surface area (Å²) in [4.78, 5) is 41.4. The first kappa shape index (κ1) is 23.3. The molecule has 0 unspecified atom stereocenters. The molecule has 1 aliphatic heterocycles. The number of anilines is 1. The summed E-state index contributed by atoms with van der Waals surface area (Å²) in [6.07, 6.45) is 4.53. The van der Waals surface area contributed by atoms with Crippen molar-refractivity contribution in [3.05, 3.63) is 53.6 Å². The summed E-state index contributed by atoms with van der Waals surface area (Å²) in [7, 11) is 0. The summed E-state index contributed by atoms with van der Waals surface area (Å²) in [6.45, 7) is 4.40. The Balaban J connectivity index is 1.23. The zero-order valence-electron chi connectivity index (χ0n) is 19.8. The number of hydrogen-bond donors (Lipinski definition) is 2. The second-order valence-electron chi connectivity index (χ2n) is 9.20. The van der Waals surface area contributed by atoms with Gasteiger partial charge in [-0.15, -0.1) is 0 Å². The number of carbonyl (C=O) groups is 2. The van der Waals surface area contributed by atoms with Crippen LogP contribution in [0.3, 0.4) is 0 Å². The Morgan fingerprint density at radius 3 is 2.58 bits per heavy atom. The van der Waals surface area contributed by atoms with E-state index < -0.39 is 5.91 Å². The van der Waals surface area contributed by atoms with Gasteiger partial charge in [0.2, 0.25) is 0 Å². The van der Waals surface area contributed by atoms with Crippen molar-refractivity contribution in [1.82, 2.24) is 25.2 Å². The lowest BCUT2D eigenvalue weighted by Gasteiger charge is -2.35. The maximum absolute atomic E-state index is 12.6. The van der Waals surface area contributed by atoms with Crippen LogP contribution in [0.2, 0.25) is 0 Å². The molecule has 2 N–H and O–H groups in total. The van der Waals surface area contributed by atoms with E-state index in [0.29, 0.717) is 48.5 Å². The maximum atomic E-state index is 12.6. The largest absolute Gasteiger partial charge is 0.505 e. The van der Waals surface area contributed by atoms with Crippen molar-refractivity contribution in [2.45, 2.75) is 31.9 Å². The molecule has 0 atom stereocenters. The van der Waals surface area contributed by atoms with Gasteiger partial charge in [-0.05, 0) is 43.5 Å². The zero-order chi connectivity index (χ0) is 25.3. The fraction of sp³-hybridized carbons (Fsp3) is 0.360. The Kier molecular flexibility index (Phi) is 6.01. The standard InChI is InChI=1S/C25H25N7O4/c1-25(6-7-25)36-24(35)32-10-8-31(9-11-32)20-5-4-18-19(30-20)15-28-21(22(18)33)23(34)29-14-16-2-3-17(12-26)27-13-16/h2-5,13,15,33H,6-11,14H2,1H3,(H,29,34). The third-order valence-corrected chi connectivity index (χ3v) is 6.46. The molecule has 11 nitrogen and oxygen atoms in total. The van der Waals surface area contributed by atoms with Crippen molar-refractivity contribution < 1.29 is 19.4 Å². The molecule has 184 valence electrons. The Labute approximate surface area is 207 Å². The highest BCUT2D eigenvalue weighted by Crippen LogP contribution is 2.39. The number of fused-ring (bicyclic) bond motifs is 1. The molecule has 2 fully saturated rings. The van der Waals surface area contributed by atoms with Crippen molar-refractivity contribution in [3.63, 3.8) is 0 Å². The highest BCUT2D eigenvalue weighted by atomic mass is 16.6. The first-order valence-corrected chi connectivity index (χ1v) is 11.7. The minimum atomic E-state index is -0.536. The molecule has 11 heteroatoms. The molecule has 1 saturated carbocycles. The number of ether oxygens (including phenoxy) is 1. The second-order valence-corrected chi connectivity index (χ2v) is 9.20. The van der Waals surface area contributed by atoms with Gasteiger partial charge < -0.3 is 25.0 Å². The van der Waals surface area contributed by atoms with Gasteiger partial charge >= 0.3 is 6.09 Å². The molecule has 3 aromatic heterocycles. The molecule has 1 aliphatic carbocycles. The summed E-state index contributed by atoms with van der Waals surface area (Å²) in [5.41, 5.74) is 1.07. The number of carbonyl (C=O) groups excluding carboxylic acids is 2. The van der Waals surface area contributed by atoms with Crippen LogP contribution < -0.4 is 10.2 Å². The van der Waals surface area contributed by atoms with E-state index in [9.17, 15) is 14.7 Å². The van der Waals surface area contributed by atoms with Crippen molar-refractivity contribution >= 4 is 28.7 Å². The molecule has 36 heavy (non-hydrogen) atoms. The molecule has 1 saturated heterocycles. The van der Waals surface area contributed by atoms with E-state index in [0.717, 1.165) is 12.8 Å². The molecular formula is C25H25N7O4. The second kappa shape index (κ2) is 9.30. The van der Waals surface area contributed by atoms with Crippen molar-refractivity contribution in [1.29, 1.82) is 5.26 Å². The van der Waals surface area contributed by atoms with Gasteiger partial charge in [0.25, 0.3) is 5.91 Å². The number of aromatic hydroxyl groups is 1. The molecule has 2 aliphatic rings. The Morgan fingerprint density at radius 1 is 1.14 bits per heavy atom. The predicted molar refractivity (Wildman–Crippen MR) is 129 cm³/mol. The van der Waals surface area contributed by atoms with Gasteiger partial charge in [-0.2, -0.15) is 5.26 Å². The monoisotopic (exact) mass is 487 g/mol. The summed E-state index contributed by atoms with van der Waals surface area (Å²) in [6, 6.07) is 8.70.